The van der Waals surface area contributed by atoms with Gasteiger partial charge in [-0.3, -0.25) is 14.4 Å². The average molecular weight is 272 g/mol. The number of fused-ring (bicyclic) bond motifs is 1. The van der Waals surface area contributed by atoms with Crippen LogP contribution in [0.5, 0.6) is 5.75 Å². The van der Waals surface area contributed by atoms with Gasteiger partial charge in [-0.15, -0.1) is 0 Å². The minimum absolute atomic E-state index is 0.0288. The van der Waals surface area contributed by atoms with Crippen LogP contribution in [-0.2, 0) is 9.53 Å². The molecular formula is C15H12O5. The van der Waals surface area contributed by atoms with E-state index >= 15 is 0 Å². The first-order valence-electron chi connectivity index (χ1n) is 6.26. The lowest BCUT2D eigenvalue weighted by atomic mass is 9.80. The quantitative estimate of drug-likeness (QED) is 0.836. The minimum Gasteiger partial charge on any atom is -0.507 e. The van der Waals surface area contributed by atoms with Crippen molar-refractivity contribution in [2.24, 2.45) is 0 Å². The number of hydrogen-bond donors (Lipinski definition) is 1. The molecule has 0 aromatic heterocycles. The number of phenols is 1. The van der Waals surface area contributed by atoms with E-state index in [-0.39, 0.29) is 47.0 Å². The Labute approximate surface area is 114 Å². The lowest BCUT2D eigenvalue weighted by Gasteiger charge is -2.28. The number of ketones is 3. The molecule has 5 nitrogen and oxygen atoms in total. The fourth-order valence-corrected chi connectivity index (χ4v) is 2.61. The highest BCUT2D eigenvalue weighted by Gasteiger charge is 2.38. The zero-order valence-corrected chi connectivity index (χ0v) is 10.8. The van der Waals surface area contributed by atoms with E-state index in [9.17, 15) is 19.5 Å². The van der Waals surface area contributed by atoms with E-state index < -0.39 is 11.9 Å². The zero-order chi connectivity index (χ0) is 14.4. The second kappa shape index (κ2) is 4.38. The molecule has 0 saturated heterocycles. The predicted octanol–water partition coefficient (Wildman–Crippen LogP) is 1.45. The molecule has 0 bridgehead atoms. The number of benzene rings is 1. The van der Waals surface area contributed by atoms with Crippen LogP contribution >= 0.6 is 0 Å². The molecule has 1 unspecified atom stereocenters. The van der Waals surface area contributed by atoms with Crippen molar-refractivity contribution in [1.82, 2.24) is 0 Å². The maximum atomic E-state index is 12.4. The van der Waals surface area contributed by atoms with Crippen molar-refractivity contribution in [3.63, 3.8) is 0 Å². The van der Waals surface area contributed by atoms with Crippen LogP contribution in [0, 0.1) is 0 Å². The first-order valence-corrected chi connectivity index (χ1v) is 6.26. The molecule has 0 fully saturated rings. The van der Waals surface area contributed by atoms with Gasteiger partial charge in [-0.05, 0) is 13.0 Å². The maximum Gasteiger partial charge on any atom is 0.196 e. The van der Waals surface area contributed by atoms with Gasteiger partial charge in [0.2, 0.25) is 0 Å². The molecule has 0 radical (unpaired) electrons. The summed E-state index contributed by atoms with van der Waals surface area (Å²) in [7, 11) is 0. The van der Waals surface area contributed by atoms with Crippen molar-refractivity contribution in [3.8, 4) is 5.75 Å². The number of hydrogen-bond acceptors (Lipinski definition) is 5. The third kappa shape index (κ3) is 1.71. The van der Waals surface area contributed by atoms with E-state index in [1.165, 1.54) is 25.1 Å². The molecule has 1 heterocycles. The lowest BCUT2D eigenvalue weighted by molar-refractivity contribution is -0.128. The summed E-state index contributed by atoms with van der Waals surface area (Å²) >= 11 is 0. The van der Waals surface area contributed by atoms with E-state index in [0.29, 0.717) is 5.57 Å². The summed E-state index contributed by atoms with van der Waals surface area (Å²) < 4.78 is 5.32. The SMILES string of the molecule is CC(=O)C1CC2=C(CO1)C(=O)c1c(O)cccc1C2=O. The Morgan fingerprint density at radius 2 is 2.00 bits per heavy atom. The first-order chi connectivity index (χ1) is 9.50. The number of Topliss-reactive ketones (excluding diaryl/α,β-unsaturated/α-hetero) is 3. The summed E-state index contributed by atoms with van der Waals surface area (Å²) in [6, 6.07) is 4.40. The molecule has 1 aliphatic carbocycles. The Balaban J connectivity index is 2.12. The lowest BCUT2D eigenvalue weighted by Crippen LogP contribution is -2.35. The molecule has 20 heavy (non-hydrogen) atoms. The van der Waals surface area contributed by atoms with Gasteiger partial charge in [-0.1, -0.05) is 12.1 Å². The molecule has 1 aromatic carbocycles. The van der Waals surface area contributed by atoms with Gasteiger partial charge in [-0.2, -0.15) is 0 Å². The summed E-state index contributed by atoms with van der Waals surface area (Å²) in [5.74, 6) is -1.07. The Morgan fingerprint density at radius 1 is 1.25 bits per heavy atom. The fourth-order valence-electron chi connectivity index (χ4n) is 2.61. The Hall–Kier alpha value is -2.27. The third-order valence-electron chi connectivity index (χ3n) is 3.70. The molecule has 0 spiro atoms. The molecule has 2 aliphatic rings. The highest BCUT2D eigenvalue weighted by atomic mass is 16.5. The number of aromatic hydroxyl groups is 1. The monoisotopic (exact) mass is 272 g/mol. The summed E-state index contributed by atoms with van der Waals surface area (Å²) in [6.07, 6.45) is -0.561. The van der Waals surface area contributed by atoms with Gasteiger partial charge in [0.15, 0.2) is 17.3 Å². The van der Waals surface area contributed by atoms with Crippen molar-refractivity contribution in [2.75, 3.05) is 6.61 Å². The van der Waals surface area contributed by atoms with E-state index in [4.69, 9.17) is 4.74 Å². The van der Waals surface area contributed by atoms with Gasteiger partial charge in [0.05, 0.1) is 12.2 Å². The van der Waals surface area contributed by atoms with Gasteiger partial charge in [-0.25, -0.2) is 0 Å². The van der Waals surface area contributed by atoms with Gasteiger partial charge in [0.25, 0.3) is 0 Å². The smallest absolute Gasteiger partial charge is 0.196 e. The Kier molecular flexibility index (Phi) is 2.79. The van der Waals surface area contributed by atoms with Gasteiger partial charge in [0, 0.05) is 23.1 Å². The molecule has 3 rings (SSSR count). The predicted molar refractivity (Wildman–Crippen MR) is 68.8 cm³/mol. The zero-order valence-electron chi connectivity index (χ0n) is 10.8. The van der Waals surface area contributed by atoms with Crippen LogP contribution in [0.15, 0.2) is 29.3 Å². The van der Waals surface area contributed by atoms with E-state index in [2.05, 4.69) is 0 Å². The summed E-state index contributed by atoms with van der Waals surface area (Å²) in [4.78, 5) is 36.2. The largest absolute Gasteiger partial charge is 0.507 e. The molecule has 5 heteroatoms. The van der Waals surface area contributed by atoms with Crippen LogP contribution in [0.3, 0.4) is 0 Å². The molecule has 0 saturated carbocycles. The normalized spacial score (nSPS) is 21.6. The Bertz CT molecular complexity index is 684. The van der Waals surface area contributed by atoms with E-state index in [1.54, 1.807) is 0 Å². The molecule has 1 aromatic rings. The number of rotatable bonds is 1. The molecule has 0 amide bonds. The number of ether oxygens (including phenoxy) is 1. The van der Waals surface area contributed by atoms with Gasteiger partial charge >= 0.3 is 0 Å². The topological polar surface area (TPSA) is 80.7 Å². The van der Waals surface area contributed by atoms with Crippen LogP contribution in [0.2, 0.25) is 0 Å². The number of carbonyl (C=O) groups is 3. The highest BCUT2D eigenvalue weighted by Crippen LogP contribution is 2.36. The second-order valence-corrected chi connectivity index (χ2v) is 4.93. The van der Waals surface area contributed by atoms with E-state index in [0.717, 1.165) is 0 Å². The fraction of sp³-hybridized carbons (Fsp3) is 0.267. The minimum atomic E-state index is -0.677. The van der Waals surface area contributed by atoms with Crippen LogP contribution in [0.4, 0.5) is 0 Å². The van der Waals surface area contributed by atoms with Crippen molar-refractivity contribution < 1.29 is 24.2 Å². The van der Waals surface area contributed by atoms with Crippen LogP contribution < -0.4 is 0 Å². The molecular weight excluding hydrogens is 260 g/mol. The summed E-state index contributed by atoms with van der Waals surface area (Å²) in [5.41, 5.74) is 0.806. The van der Waals surface area contributed by atoms with Gasteiger partial charge in [0.1, 0.15) is 11.9 Å². The summed E-state index contributed by atoms with van der Waals surface area (Å²) in [5, 5.41) is 9.78. The van der Waals surface area contributed by atoms with Crippen molar-refractivity contribution in [2.45, 2.75) is 19.4 Å². The second-order valence-electron chi connectivity index (χ2n) is 4.93. The van der Waals surface area contributed by atoms with Crippen LogP contribution in [-0.4, -0.2) is 35.2 Å². The van der Waals surface area contributed by atoms with Gasteiger partial charge < -0.3 is 9.84 Å². The van der Waals surface area contributed by atoms with Crippen LogP contribution in [0.25, 0.3) is 0 Å². The number of phenolic OH excluding ortho intramolecular Hbond substituents is 1. The van der Waals surface area contributed by atoms with E-state index in [1.807, 2.05) is 0 Å². The maximum absolute atomic E-state index is 12.4. The highest BCUT2D eigenvalue weighted by molar-refractivity contribution is 6.28. The molecule has 102 valence electrons. The van der Waals surface area contributed by atoms with Crippen LogP contribution in [0.1, 0.15) is 34.1 Å². The molecule has 1 N–H and O–H groups in total. The van der Waals surface area contributed by atoms with Crippen molar-refractivity contribution >= 4 is 17.3 Å². The molecule has 1 atom stereocenters. The van der Waals surface area contributed by atoms with Crippen molar-refractivity contribution in [1.29, 1.82) is 0 Å². The first kappa shape index (κ1) is 12.7. The number of carbonyl (C=O) groups excluding carboxylic acids is 3. The third-order valence-corrected chi connectivity index (χ3v) is 3.70. The average Bonchev–Trinajstić information content (AvgIpc) is 2.44. The standard InChI is InChI=1S/C15H12O5/c1-7(16)12-5-9-10(6-20-12)15(19)13-8(14(9)18)3-2-4-11(13)17/h2-4,12,17H,5-6H2,1H3. The van der Waals surface area contributed by atoms with Crippen molar-refractivity contribution in [3.05, 3.63) is 40.5 Å². The molecule has 1 aliphatic heterocycles. The summed E-state index contributed by atoms with van der Waals surface area (Å²) in [6.45, 7) is 1.32. The Morgan fingerprint density at radius 3 is 2.70 bits per heavy atom.